The lowest BCUT2D eigenvalue weighted by atomic mass is 9.74. The standard InChI is InChI=1S/C40H71NO14/c1-15-27-40(11,48)33(44)22(5)30(43)20(3)18-38(9,47)35(55-37-32(53-28(42)16-2)26(41(12)13)17-21(4)50-37)23(6)31(24(7)36(46)52-27)54-29-19-39(10,49-14)34(45)25(8)51-29/h20-27,29,31-35,37,44-45,47-48H,15-19H2,1-14H3/t20-,21-,22-,23-,24+,25+,26-,27-,29-,31+,32+,33-,34-,35-,37+,38+,39+,40+/m1/s1. The molecule has 15 heteroatoms. The van der Waals surface area contributed by atoms with Crippen LogP contribution >= 0.6 is 0 Å². The van der Waals surface area contributed by atoms with E-state index < -0.39 is 114 Å². The van der Waals surface area contributed by atoms with Crippen LogP contribution in [-0.2, 0) is 47.5 Å². The molecule has 0 amide bonds. The number of nitrogens with zero attached hydrogens (tertiary/aromatic N) is 1. The zero-order valence-electron chi connectivity index (χ0n) is 35.5. The van der Waals surface area contributed by atoms with Crippen molar-refractivity contribution < 1.29 is 68.0 Å². The number of likely N-dealkylation sites (N-methyl/N-ethyl adjacent to an activating group) is 1. The van der Waals surface area contributed by atoms with Crippen molar-refractivity contribution in [3.63, 3.8) is 0 Å². The number of ketones is 1. The van der Waals surface area contributed by atoms with Crippen molar-refractivity contribution in [1.29, 1.82) is 0 Å². The third kappa shape index (κ3) is 10.6. The van der Waals surface area contributed by atoms with Gasteiger partial charge in [-0.3, -0.25) is 14.4 Å². The van der Waals surface area contributed by atoms with Crippen LogP contribution in [-0.4, -0.2) is 149 Å². The highest BCUT2D eigenvalue weighted by Gasteiger charge is 2.54. The van der Waals surface area contributed by atoms with Gasteiger partial charge in [0.15, 0.2) is 18.7 Å². The predicted octanol–water partition coefficient (Wildman–Crippen LogP) is 2.75. The summed E-state index contributed by atoms with van der Waals surface area (Å²) in [5.74, 6) is -5.59. The second kappa shape index (κ2) is 18.9. The van der Waals surface area contributed by atoms with Gasteiger partial charge >= 0.3 is 11.9 Å². The van der Waals surface area contributed by atoms with Crippen molar-refractivity contribution in [3.8, 4) is 0 Å². The Morgan fingerprint density at radius 3 is 2.05 bits per heavy atom. The fourth-order valence-corrected chi connectivity index (χ4v) is 8.76. The molecule has 18 atom stereocenters. The van der Waals surface area contributed by atoms with Crippen molar-refractivity contribution in [1.82, 2.24) is 4.90 Å². The van der Waals surface area contributed by atoms with Crippen LogP contribution < -0.4 is 0 Å². The summed E-state index contributed by atoms with van der Waals surface area (Å²) in [7, 11) is 5.21. The summed E-state index contributed by atoms with van der Waals surface area (Å²) in [6, 6.07) is -0.319. The van der Waals surface area contributed by atoms with Crippen LogP contribution in [0.1, 0.15) is 108 Å². The molecule has 3 heterocycles. The number of carbonyl (C=O) groups excluding carboxylic acids is 3. The van der Waals surface area contributed by atoms with E-state index in [1.165, 1.54) is 27.9 Å². The lowest BCUT2D eigenvalue weighted by Crippen LogP contribution is -2.61. The average molecular weight is 790 g/mol. The number of ether oxygens (including phenoxy) is 7. The van der Waals surface area contributed by atoms with E-state index in [0.717, 1.165) is 0 Å². The minimum Gasteiger partial charge on any atom is -0.459 e. The number of hydrogen-bond acceptors (Lipinski definition) is 15. The van der Waals surface area contributed by atoms with Crippen molar-refractivity contribution in [2.24, 2.45) is 23.7 Å². The molecule has 55 heavy (non-hydrogen) atoms. The van der Waals surface area contributed by atoms with E-state index in [1.807, 2.05) is 25.9 Å². The maximum absolute atomic E-state index is 14.2. The molecule has 0 aromatic carbocycles. The first-order chi connectivity index (χ1) is 25.4. The lowest BCUT2D eigenvalue weighted by molar-refractivity contribution is -0.319. The molecule has 3 aliphatic rings. The summed E-state index contributed by atoms with van der Waals surface area (Å²) in [5.41, 5.74) is -4.92. The summed E-state index contributed by atoms with van der Waals surface area (Å²) < 4.78 is 43.6. The van der Waals surface area contributed by atoms with E-state index in [4.69, 9.17) is 33.2 Å². The van der Waals surface area contributed by atoms with E-state index in [0.29, 0.717) is 6.42 Å². The number of carbonyl (C=O) groups is 3. The molecule has 0 aromatic heterocycles. The number of methoxy groups -OCH3 is 1. The van der Waals surface area contributed by atoms with Crippen LogP contribution in [0.3, 0.4) is 0 Å². The number of esters is 2. The van der Waals surface area contributed by atoms with Crippen molar-refractivity contribution in [2.45, 2.75) is 193 Å². The van der Waals surface area contributed by atoms with E-state index >= 15 is 0 Å². The van der Waals surface area contributed by atoms with Crippen LogP contribution in [0.2, 0.25) is 0 Å². The lowest BCUT2D eigenvalue weighted by Gasteiger charge is -2.49. The van der Waals surface area contributed by atoms with Crippen LogP contribution in [0.5, 0.6) is 0 Å². The molecule has 0 saturated carbocycles. The number of aliphatic hydroxyl groups is 4. The molecular formula is C40H71NO14. The molecular weight excluding hydrogens is 718 g/mol. The van der Waals surface area contributed by atoms with Gasteiger partial charge < -0.3 is 58.5 Å². The molecule has 3 rings (SSSR count). The second-order valence-electron chi connectivity index (χ2n) is 17.3. The Morgan fingerprint density at radius 2 is 1.51 bits per heavy atom. The second-order valence-corrected chi connectivity index (χ2v) is 17.3. The van der Waals surface area contributed by atoms with E-state index in [2.05, 4.69) is 0 Å². The highest BCUT2D eigenvalue weighted by Crippen LogP contribution is 2.41. The number of Topliss-reactive ketones (excluding diaryl/α,β-unsaturated/α-hetero) is 1. The van der Waals surface area contributed by atoms with Crippen molar-refractivity contribution in [2.75, 3.05) is 21.2 Å². The zero-order valence-corrected chi connectivity index (χ0v) is 35.5. The van der Waals surface area contributed by atoms with Gasteiger partial charge in [0.2, 0.25) is 0 Å². The van der Waals surface area contributed by atoms with Crippen molar-refractivity contribution >= 4 is 17.7 Å². The van der Waals surface area contributed by atoms with Gasteiger partial charge in [-0.2, -0.15) is 0 Å². The molecule has 0 aliphatic carbocycles. The van der Waals surface area contributed by atoms with Gasteiger partial charge in [-0.1, -0.05) is 34.6 Å². The first-order valence-electron chi connectivity index (χ1n) is 19.9. The third-order valence-corrected chi connectivity index (χ3v) is 12.4. The topological polar surface area (TPSA) is 200 Å². The summed E-state index contributed by atoms with van der Waals surface area (Å²) in [4.78, 5) is 42.9. The molecule has 15 nitrogen and oxygen atoms in total. The van der Waals surface area contributed by atoms with Gasteiger partial charge in [0, 0.05) is 37.7 Å². The highest BCUT2D eigenvalue weighted by molar-refractivity contribution is 5.83. The molecule has 3 aliphatic heterocycles. The Hall–Kier alpha value is -1.79. The first kappa shape index (κ1) is 47.6. The fourth-order valence-electron chi connectivity index (χ4n) is 8.76. The highest BCUT2D eigenvalue weighted by atomic mass is 16.7. The normalized spacial score (nSPS) is 46.9. The fraction of sp³-hybridized carbons (Fsp3) is 0.925. The number of aliphatic hydroxyl groups excluding tert-OH is 2. The van der Waals surface area contributed by atoms with Gasteiger partial charge in [0.25, 0.3) is 0 Å². The van der Waals surface area contributed by atoms with Gasteiger partial charge in [-0.05, 0) is 74.9 Å². The molecule has 320 valence electrons. The van der Waals surface area contributed by atoms with Gasteiger partial charge in [0.05, 0.1) is 53.7 Å². The number of rotatable bonds is 9. The predicted molar refractivity (Wildman–Crippen MR) is 200 cm³/mol. The Labute approximate surface area is 327 Å². The largest absolute Gasteiger partial charge is 0.459 e. The van der Waals surface area contributed by atoms with E-state index in [1.54, 1.807) is 48.5 Å². The van der Waals surface area contributed by atoms with Gasteiger partial charge in [-0.25, -0.2) is 0 Å². The molecule has 3 saturated heterocycles. The number of cyclic esters (lactones) is 1. The summed E-state index contributed by atoms with van der Waals surface area (Å²) >= 11 is 0. The maximum Gasteiger partial charge on any atom is 0.311 e. The quantitative estimate of drug-likeness (QED) is 0.249. The Balaban J connectivity index is 2.24. The Bertz CT molecular complexity index is 1290. The average Bonchev–Trinajstić information content (AvgIpc) is 3.11. The van der Waals surface area contributed by atoms with E-state index in [-0.39, 0.29) is 37.8 Å². The van der Waals surface area contributed by atoms with Gasteiger partial charge in [0.1, 0.15) is 23.6 Å². The Kier molecular flexibility index (Phi) is 16.3. The SMILES string of the molecule is CCC(=O)O[C@@H]1[C@H](O[C@@H]2[C@H](C)[C@H](O[C@@H]3C[C@](C)(OC)[C@H](O)[C@H](C)O3)[C@H](C)C(=O)O[C@H](CC)[C@](C)(O)[C@H](O)[C@H](C)C(=O)[C@H](C)C[C@]2(C)O)O[C@H](C)C[C@H]1N(C)C. The smallest absolute Gasteiger partial charge is 0.311 e. The minimum atomic E-state index is -2.01. The number of hydrogen-bond donors (Lipinski definition) is 4. The van der Waals surface area contributed by atoms with E-state index in [9.17, 15) is 34.8 Å². The zero-order chi connectivity index (χ0) is 42.0. The summed E-state index contributed by atoms with van der Waals surface area (Å²) in [6.45, 7) is 18.0. The monoisotopic (exact) mass is 789 g/mol. The molecule has 0 radical (unpaired) electrons. The first-order valence-corrected chi connectivity index (χ1v) is 19.9. The Morgan fingerprint density at radius 1 is 0.891 bits per heavy atom. The molecule has 0 spiro atoms. The van der Waals surface area contributed by atoms with Crippen LogP contribution in [0.4, 0.5) is 0 Å². The van der Waals surface area contributed by atoms with Crippen LogP contribution in [0.15, 0.2) is 0 Å². The summed E-state index contributed by atoms with van der Waals surface area (Å²) in [6.07, 6.45) is -9.68. The van der Waals surface area contributed by atoms with Gasteiger partial charge in [-0.15, -0.1) is 0 Å². The summed E-state index contributed by atoms with van der Waals surface area (Å²) in [5, 5.41) is 46.6. The van der Waals surface area contributed by atoms with Crippen molar-refractivity contribution in [3.05, 3.63) is 0 Å². The minimum absolute atomic E-state index is 0.0760. The third-order valence-electron chi connectivity index (χ3n) is 12.4. The molecule has 0 bridgehead atoms. The molecule has 0 aromatic rings. The molecule has 3 fully saturated rings. The van der Waals surface area contributed by atoms with Crippen LogP contribution in [0.25, 0.3) is 0 Å². The molecule has 0 unspecified atom stereocenters. The molecule has 4 N–H and O–H groups in total. The van der Waals surface area contributed by atoms with Crippen LogP contribution in [0, 0.1) is 23.7 Å². The maximum atomic E-state index is 14.2.